The van der Waals surface area contributed by atoms with Crippen molar-refractivity contribution in [3.8, 4) is 5.69 Å². The molecule has 2 N–H and O–H groups in total. The standard InChI is InChI=1S/C18H23N3O4/c1-11(2)13(4)20-16(22)10-25-17(23)14-5-7-15(8-6-14)21-12(3)9-19-18(21)24/h5-9,11,13H,10H2,1-4H3,(H,19,24)(H,20,22). The van der Waals surface area contributed by atoms with Gasteiger partial charge in [-0.25, -0.2) is 9.59 Å². The van der Waals surface area contributed by atoms with Crippen LogP contribution in [-0.4, -0.2) is 34.1 Å². The summed E-state index contributed by atoms with van der Waals surface area (Å²) < 4.78 is 6.52. The van der Waals surface area contributed by atoms with Crippen molar-refractivity contribution >= 4 is 11.9 Å². The van der Waals surface area contributed by atoms with Crippen LogP contribution in [0.1, 0.15) is 36.8 Å². The maximum atomic E-state index is 12.0. The van der Waals surface area contributed by atoms with Gasteiger partial charge in [0.25, 0.3) is 5.91 Å². The van der Waals surface area contributed by atoms with Gasteiger partial charge in [0.15, 0.2) is 6.61 Å². The number of hydrogen-bond donors (Lipinski definition) is 2. The van der Waals surface area contributed by atoms with Gasteiger partial charge in [0.1, 0.15) is 0 Å². The van der Waals surface area contributed by atoms with E-state index in [0.717, 1.165) is 5.69 Å². The fourth-order valence-electron chi connectivity index (χ4n) is 2.20. The highest BCUT2D eigenvalue weighted by Crippen LogP contribution is 2.11. The third-order valence-electron chi connectivity index (χ3n) is 4.04. The Balaban J connectivity index is 1.97. The molecule has 7 nitrogen and oxygen atoms in total. The van der Waals surface area contributed by atoms with Gasteiger partial charge in [-0.15, -0.1) is 0 Å². The van der Waals surface area contributed by atoms with E-state index < -0.39 is 5.97 Å². The van der Waals surface area contributed by atoms with Gasteiger partial charge in [-0.2, -0.15) is 0 Å². The first-order valence-corrected chi connectivity index (χ1v) is 8.13. The summed E-state index contributed by atoms with van der Waals surface area (Å²) in [7, 11) is 0. The van der Waals surface area contributed by atoms with Crippen LogP contribution in [-0.2, 0) is 9.53 Å². The van der Waals surface area contributed by atoms with E-state index in [2.05, 4.69) is 10.3 Å². The minimum absolute atomic E-state index is 0.00777. The average molecular weight is 345 g/mol. The van der Waals surface area contributed by atoms with Crippen LogP contribution in [0, 0.1) is 12.8 Å². The largest absolute Gasteiger partial charge is 0.452 e. The van der Waals surface area contributed by atoms with Gasteiger partial charge in [0.2, 0.25) is 0 Å². The second kappa shape index (κ2) is 7.83. The monoisotopic (exact) mass is 345 g/mol. The maximum absolute atomic E-state index is 12.0. The molecule has 1 atom stereocenters. The van der Waals surface area contributed by atoms with E-state index in [1.807, 2.05) is 20.8 Å². The highest BCUT2D eigenvalue weighted by Gasteiger charge is 2.14. The molecule has 0 fully saturated rings. The van der Waals surface area contributed by atoms with Crippen molar-refractivity contribution in [2.24, 2.45) is 5.92 Å². The molecule has 1 aromatic carbocycles. The number of hydrogen-bond acceptors (Lipinski definition) is 4. The molecule has 0 aliphatic rings. The number of aromatic nitrogens is 2. The molecular formula is C18H23N3O4. The van der Waals surface area contributed by atoms with E-state index in [9.17, 15) is 14.4 Å². The highest BCUT2D eigenvalue weighted by atomic mass is 16.5. The van der Waals surface area contributed by atoms with Crippen molar-refractivity contribution < 1.29 is 14.3 Å². The van der Waals surface area contributed by atoms with Gasteiger partial charge >= 0.3 is 11.7 Å². The molecular weight excluding hydrogens is 322 g/mol. The number of benzene rings is 1. The molecule has 7 heteroatoms. The number of H-pyrrole nitrogens is 1. The van der Waals surface area contributed by atoms with Crippen LogP contribution in [0.3, 0.4) is 0 Å². The normalized spacial score (nSPS) is 12.0. The summed E-state index contributed by atoms with van der Waals surface area (Å²) in [5.74, 6) is -0.620. The predicted molar refractivity (Wildman–Crippen MR) is 93.9 cm³/mol. The molecule has 0 saturated carbocycles. The first-order valence-electron chi connectivity index (χ1n) is 8.13. The van der Waals surface area contributed by atoms with Crippen LogP contribution >= 0.6 is 0 Å². The Hall–Kier alpha value is -2.83. The van der Waals surface area contributed by atoms with E-state index in [-0.39, 0.29) is 24.2 Å². The molecule has 1 aromatic heterocycles. The molecule has 0 saturated heterocycles. The third-order valence-corrected chi connectivity index (χ3v) is 4.04. The van der Waals surface area contributed by atoms with Crippen molar-refractivity contribution in [3.63, 3.8) is 0 Å². The zero-order valence-corrected chi connectivity index (χ0v) is 14.8. The summed E-state index contributed by atoms with van der Waals surface area (Å²) in [6, 6.07) is 6.43. The molecule has 134 valence electrons. The number of aryl methyl sites for hydroxylation is 1. The maximum Gasteiger partial charge on any atom is 0.338 e. The molecule has 25 heavy (non-hydrogen) atoms. The van der Waals surface area contributed by atoms with Crippen molar-refractivity contribution in [1.29, 1.82) is 0 Å². The second-order valence-electron chi connectivity index (χ2n) is 6.29. The lowest BCUT2D eigenvalue weighted by Crippen LogP contribution is -2.38. The molecule has 1 unspecified atom stereocenters. The Bertz CT molecular complexity index is 802. The molecule has 0 radical (unpaired) electrons. The van der Waals surface area contributed by atoms with Gasteiger partial charge < -0.3 is 15.0 Å². The number of carbonyl (C=O) groups excluding carboxylic acids is 2. The average Bonchev–Trinajstić information content (AvgIpc) is 2.91. The van der Waals surface area contributed by atoms with E-state index in [0.29, 0.717) is 17.2 Å². The SMILES string of the molecule is Cc1c[nH]c(=O)n1-c1ccc(C(=O)OCC(=O)NC(C)C(C)C)cc1. The molecule has 0 aliphatic carbocycles. The summed E-state index contributed by atoms with van der Waals surface area (Å²) in [4.78, 5) is 38.1. The number of ether oxygens (including phenoxy) is 1. The predicted octanol–water partition coefficient (Wildman–Crippen LogP) is 1.79. The lowest BCUT2D eigenvalue weighted by Gasteiger charge is -2.17. The number of nitrogens with one attached hydrogen (secondary N) is 2. The van der Waals surface area contributed by atoms with Crippen molar-refractivity contribution in [3.05, 3.63) is 52.2 Å². The summed E-state index contributed by atoms with van der Waals surface area (Å²) >= 11 is 0. The Labute approximate surface area is 146 Å². The molecule has 1 amide bonds. The Morgan fingerprint density at radius 1 is 1.20 bits per heavy atom. The number of carbonyl (C=O) groups is 2. The van der Waals surface area contributed by atoms with Gasteiger partial charge in [-0.05, 0) is 44.0 Å². The van der Waals surface area contributed by atoms with Gasteiger partial charge in [-0.3, -0.25) is 9.36 Å². The molecule has 2 aromatic rings. The zero-order chi connectivity index (χ0) is 18.6. The van der Waals surface area contributed by atoms with E-state index >= 15 is 0 Å². The van der Waals surface area contributed by atoms with E-state index in [1.54, 1.807) is 37.4 Å². The van der Waals surface area contributed by atoms with Crippen LogP contribution in [0.5, 0.6) is 0 Å². The topological polar surface area (TPSA) is 93.2 Å². The van der Waals surface area contributed by atoms with Crippen molar-refractivity contribution in [2.75, 3.05) is 6.61 Å². The van der Waals surface area contributed by atoms with Gasteiger partial charge in [0.05, 0.1) is 11.3 Å². The molecule has 1 heterocycles. The molecule has 0 spiro atoms. The van der Waals surface area contributed by atoms with Gasteiger partial charge in [0, 0.05) is 17.9 Å². The summed E-state index contributed by atoms with van der Waals surface area (Å²) in [5, 5.41) is 2.77. The molecule has 0 bridgehead atoms. The second-order valence-corrected chi connectivity index (χ2v) is 6.29. The zero-order valence-electron chi connectivity index (χ0n) is 14.8. The fourth-order valence-corrected chi connectivity index (χ4v) is 2.20. The van der Waals surface area contributed by atoms with Crippen LogP contribution in [0.25, 0.3) is 5.69 Å². The summed E-state index contributed by atoms with van der Waals surface area (Å²) in [6.45, 7) is 7.37. The Morgan fingerprint density at radius 2 is 1.84 bits per heavy atom. The van der Waals surface area contributed by atoms with Gasteiger partial charge in [-0.1, -0.05) is 13.8 Å². The quantitative estimate of drug-likeness (QED) is 0.781. The fraction of sp³-hybridized carbons (Fsp3) is 0.389. The van der Waals surface area contributed by atoms with Crippen LogP contribution in [0.2, 0.25) is 0 Å². The summed E-state index contributed by atoms with van der Waals surface area (Å²) in [6.07, 6.45) is 1.61. The van der Waals surface area contributed by atoms with Crippen LogP contribution in [0.4, 0.5) is 0 Å². The number of rotatable bonds is 6. The van der Waals surface area contributed by atoms with Crippen molar-refractivity contribution in [1.82, 2.24) is 14.9 Å². The number of aromatic amines is 1. The Kier molecular flexibility index (Phi) is 5.80. The highest BCUT2D eigenvalue weighted by molar-refractivity contribution is 5.91. The molecule has 2 rings (SSSR count). The lowest BCUT2D eigenvalue weighted by atomic mass is 10.1. The molecule has 0 aliphatic heterocycles. The van der Waals surface area contributed by atoms with E-state index in [1.165, 1.54) is 4.57 Å². The number of amides is 1. The lowest BCUT2D eigenvalue weighted by molar-refractivity contribution is -0.125. The van der Waals surface area contributed by atoms with E-state index in [4.69, 9.17) is 4.74 Å². The summed E-state index contributed by atoms with van der Waals surface area (Å²) in [5.41, 5.74) is 1.47. The Morgan fingerprint density at radius 3 is 2.36 bits per heavy atom. The number of imidazole rings is 1. The van der Waals surface area contributed by atoms with Crippen LogP contribution in [0.15, 0.2) is 35.3 Å². The minimum Gasteiger partial charge on any atom is -0.452 e. The first-order chi connectivity index (χ1) is 11.8. The first kappa shape index (κ1) is 18.5. The smallest absolute Gasteiger partial charge is 0.338 e. The minimum atomic E-state index is -0.586. The number of nitrogens with zero attached hydrogens (tertiary/aromatic N) is 1. The third kappa shape index (κ3) is 4.59. The number of esters is 1. The van der Waals surface area contributed by atoms with Crippen molar-refractivity contribution in [2.45, 2.75) is 33.7 Å². The van der Waals surface area contributed by atoms with Crippen LogP contribution < -0.4 is 11.0 Å².